The van der Waals surface area contributed by atoms with Gasteiger partial charge in [0.2, 0.25) is 11.8 Å². The molecule has 2 amide bonds. The molecule has 1 aliphatic heterocycles. The predicted octanol–water partition coefficient (Wildman–Crippen LogP) is 2.85. The van der Waals surface area contributed by atoms with Gasteiger partial charge in [0.15, 0.2) is 0 Å². The first kappa shape index (κ1) is 20.8. The van der Waals surface area contributed by atoms with Gasteiger partial charge in [0, 0.05) is 31.6 Å². The van der Waals surface area contributed by atoms with Crippen LogP contribution in [-0.4, -0.2) is 60.9 Å². The predicted molar refractivity (Wildman–Crippen MR) is 112 cm³/mol. The highest BCUT2D eigenvalue weighted by Crippen LogP contribution is 2.31. The van der Waals surface area contributed by atoms with Gasteiger partial charge in [-0.25, -0.2) is 0 Å². The largest absolute Gasteiger partial charge is 0.354 e. The van der Waals surface area contributed by atoms with Crippen molar-refractivity contribution in [3.05, 3.63) is 35.9 Å². The second-order valence-electron chi connectivity index (χ2n) is 8.71. The van der Waals surface area contributed by atoms with Gasteiger partial charge in [-0.1, -0.05) is 49.6 Å². The minimum atomic E-state index is -0.0868. The second-order valence-corrected chi connectivity index (χ2v) is 8.71. The molecule has 1 aliphatic carbocycles. The number of benzene rings is 1. The lowest BCUT2D eigenvalue weighted by Crippen LogP contribution is -2.55. The average Bonchev–Trinajstić information content (AvgIpc) is 2.72. The van der Waals surface area contributed by atoms with Crippen LogP contribution in [0.3, 0.4) is 0 Å². The summed E-state index contributed by atoms with van der Waals surface area (Å²) in [5, 5.41) is 3.23. The summed E-state index contributed by atoms with van der Waals surface area (Å²) in [7, 11) is 4.25. The van der Waals surface area contributed by atoms with Crippen LogP contribution in [0.1, 0.15) is 50.5 Å². The van der Waals surface area contributed by atoms with Crippen molar-refractivity contribution in [3.8, 4) is 0 Å². The zero-order valence-corrected chi connectivity index (χ0v) is 17.5. The Hall–Kier alpha value is -1.88. The van der Waals surface area contributed by atoms with E-state index < -0.39 is 0 Å². The first-order chi connectivity index (χ1) is 13.5. The van der Waals surface area contributed by atoms with E-state index in [1.54, 1.807) is 0 Å². The van der Waals surface area contributed by atoms with Crippen molar-refractivity contribution < 1.29 is 9.59 Å². The molecule has 0 bridgehead atoms. The van der Waals surface area contributed by atoms with Crippen LogP contribution in [0.15, 0.2) is 30.3 Å². The zero-order valence-electron chi connectivity index (χ0n) is 17.5. The van der Waals surface area contributed by atoms with Crippen molar-refractivity contribution in [3.63, 3.8) is 0 Å². The number of likely N-dealkylation sites (N-methyl/N-ethyl adjacent to an activating group) is 1. The number of hydrogen-bond acceptors (Lipinski definition) is 3. The minimum Gasteiger partial charge on any atom is -0.354 e. The monoisotopic (exact) mass is 385 g/mol. The average molecular weight is 386 g/mol. The first-order valence-electron chi connectivity index (χ1n) is 10.8. The topological polar surface area (TPSA) is 52.7 Å². The number of nitrogens with zero attached hydrogens (tertiary/aromatic N) is 2. The van der Waals surface area contributed by atoms with Crippen molar-refractivity contribution in [1.29, 1.82) is 0 Å². The highest BCUT2D eigenvalue weighted by molar-refractivity contribution is 5.83. The molecule has 0 aromatic heterocycles. The summed E-state index contributed by atoms with van der Waals surface area (Å²) < 4.78 is 0. The fraction of sp³-hybridized carbons (Fsp3) is 0.652. The van der Waals surface area contributed by atoms with E-state index in [2.05, 4.69) is 36.4 Å². The summed E-state index contributed by atoms with van der Waals surface area (Å²) in [5.74, 6) is 0.206. The molecule has 1 aromatic carbocycles. The fourth-order valence-electron chi connectivity index (χ4n) is 4.64. The molecule has 1 saturated heterocycles. The second kappa shape index (κ2) is 9.55. The normalized spacial score (nSPS) is 22.3. The van der Waals surface area contributed by atoms with Crippen molar-refractivity contribution in [1.82, 2.24) is 15.1 Å². The molecule has 1 saturated carbocycles. The van der Waals surface area contributed by atoms with Gasteiger partial charge < -0.3 is 15.1 Å². The highest BCUT2D eigenvalue weighted by atomic mass is 16.2. The molecular formula is C23H35N3O2. The Labute approximate surface area is 169 Å². The number of nitrogens with one attached hydrogen (secondary N) is 1. The maximum atomic E-state index is 12.9. The third-order valence-corrected chi connectivity index (χ3v) is 6.71. The molecule has 28 heavy (non-hydrogen) atoms. The molecular weight excluding hydrogens is 350 g/mol. The molecule has 5 nitrogen and oxygen atoms in total. The van der Waals surface area contributed by atoms with Crippen LogP contribution in [0.25, 0.3) is 0 Å². The van der Waals surface area contributed by atoms with E-state index in [9.17, 15) is 9.59 Å². The van der Waals surface area contributed by atoms with Gasteiger partial charge in [-0.15, -0.1) is 0 Å². The Morgan fingerprint density at radius 1 is 1.18 bits per heavy atom. The van der Waals surface area contributed by atoms with Gasteiger partial charge in [-0.05, 0) is 45.3 Å². The summed E-state index contributed by atoms with van der Waals surface area (Å²) in [4.78, 5) is 29.4. The summed E-state index contributed by atoms with van der Waals surface area (Å²) in [5.41, 5.74) is 1.32. The minimum absolute atomic E-state index is 0.0868. The molecule has 0 radical (unpaired) electrons. The molecule has 2 aliphatic rings. The summed E-state index contributed by atoms with van der Waals surface area (Å²) in [6.45, 7) is 1.95. The van der Waals surface area contributed by atoms with E-state index in [0.29, 0.717) is 32.5 Å². The highest BCUT2D eigenvalue weighted by Gasteiger charge is 2.36. The number of rotatable bonds is 7. The molecule has 1 aromatic rings. The fourth-order valence-corrected chi connectivity index (χ4v) is 4.64. The van der Waals surface area contributed by atoms with E-state index in [0.717, 1.165) is 19.3 Å². The number of amides is 2. The van der Waals surface area contributed by atoms with E-state index >= 15 is 0 Å². The van der Waals surface area contributed by atoms with E-state index in [1.807, 2.05) is 23.1 Å². The van der Waals surface area contributed by atoms with Crippen molar-refractivity contribution in [2.45, 2.75) is 56.9 Å². The van der Waals surface area contributed by atoms with Gasteiger partial charge in [-0.2, -0.15) is 0 Å². The Kier molecular flexibility index (Phi) is 7.11. The Balaban J connectivity index is 1.52. The molecule has 1 unspecified atom stereocenters. The number of carbonyl (C=O) groups is 2. The maximum Gasteiger partial charge on any atom is 0.224 e. The van der Waals surface area contributed by atoms with Gasteiger partial charge in [-0.3, -0.25) is 9.59 Å². The number of hydrogen-bond donors (Lipinski definition) is 1. The van der Waals surface area contributed by atoms with Crippen LogP contribution in [0.5, 0.6) is 0 Å². The van der Waals surface area contributed by atoms with Crippen LogP contribution in [-0.2, 0) is 16.0 Å². The third kappa shape index (κ3) is 5.13. The molecule has 0 spiro atoms. The van der Waals surface area contributed by atoms with E-state index in [4.69, 9.17) is 0 Å². The molecule has 154 valence electrons. The van der Waals surface area contributed by atoms with Crippen molar-refractivity contribution in [2.75, 3.05) is 33.7 Å². The number of piperidine rings is 1. The first-order valence-corrected chi connectivity index (χ1v) is 10.8. The lowest BCUT2D eigenvalue weighted by molar-refractivity contribution is -0.138. The SMILES string of the molecule is CN(C)C1(CNC(=O)C2CCC(=O)N(CCc3ccccc3)C2)CCCCC1. The third-order valence-electron chi connectivity index (χ3n) is 6.71. The van der Waals surface area contributed by atoms with Crippen LogP contribution in [0.4, 0.5) is 0 Å². The van der Waals surface area contributed by atoms with E-state index in [1.165, 1.54) is 24.8 Å². The van der Waals surface area contributed by atoms with Gasteiger partial charge in [0.25, 0.3) is 0 Å². The smallest absolute Gasteiger partial charge is 0.224 e. The Morgan fingerprint density at radius 2 is 1.89 bits per heavy atom. The summed E-state index contributed by atoms with van der Waals surface area (Å²) >= 11 is 0. The standard InChI is InChI=1S/C23H35N3O2/c1-25(2)23(14-7-4-8-15-23)18-24-22(28)20-11-12-21(27)26(17-20)16-13-19-9-5-3-6-10-19/h3,5-6,9-10,20H,4,7-8,11-18H2,1-2H3,(H,24,28). The summed E-state index contributed by atoms with van der Waals surface area (Å²) in [6.07, 6.45) is 8.04. The van der Waals surface area contributed by atoms with Crippen LogP contribution in [0, 0.1) is 5.92 Å². The molecule has 5 heteroatoms. The molecule has 2 fully saturated rings. The van der Waals surface area contributed by atoms with E-state index in [-0.39, 0.29) is 23.3 Å². The maximum absolute atomic E-state index is 12.9. The molecule has 1 heterocycles. The molecule has 1 atom stereocenters. The Bertz CT molecular complexity index is 653. The zero-order chi connectivity index (χ0) is 20.0. The lowest BCUT2D eigenvalue weighted by atomic mass is 9.80. The van der Waals surface area contributed by atoms with Crippen LogP contribution < -0.4 is 5.32 Å². The molecule has 1 N–H and O–H groups in total. The number of carbonyl (C=O) groups excluding carboxylic acids is 2. The van der Waals surface area contributed by atoms with Crippen LogP contribution >= 0.6 is 0 Å². The van der Waals surface area contributed by atoms with Crippen LogP contribution in [0.2, 0.25) is 0 Å². The van der Waals surface area contributed by atoms with Gasteiger partial charge in [0.1, 0.15) is 0 Å². The van der Waals surface area contributed by atoms with Crippen molar-refractivity contribution in [2.24, 2.45) is 5.92 Å². The quantitative estimate of drug-likeness (QED) is 0.785. The van der Waals surface area contributed by atoms with Crippen molar-refractivity contribution >= 4 is 11.8 Å². The van der Waals surface area contributed by atoms with Gasteiger partial charge in [0.05, 0.1) is 5.92 Å². The number of likely N-dealkylation sites (tertiary alicyclic amines) is 1. The lowest BCUT2D eigenvalue weighted by Gasteiger charge is -2.43. The molecule has 3 rings (SSSR count). The van der Waals surface area contributed by atoms with Gasteiger partial charge >= 0.3 is 0 Å². The summed E-state index contributed by atoms with van der Waals surface area (Å²) in [6, 6.07) is 10.2. The Morgan fingerprint density at radius 3 is 2.57 bits per heavy atom.